The zero-order valence-corrected chi connectivity index (χ0v) is 13.3. The quantitative estimate of drug-likeness (QED) is 0.937. The standard InChI is InChI=1S/C16H19N3O2S/c1-22(20,21)14-6-4-12(5-7-14)15-10-19-16(11-18-15)13-3-2-8-17-9-13/h4-7,10-11,13,17H,2-3,8-9H2,1H3/t13-/m0/s1. The van der Waals surface area contributed by atoms with Gasteiger partial charge in [0.1, 0.15) is 0 Å². The molecule has 0 aliphatic carbocycles. The molecular weight excluding hydrogens is 298 g/mol. The van der Waals surface area contributed by atoms with E-state index in [9.17, 15) is 8.42 Å². The largest absolute Gasteiger partial charge is 0.316 e. The fourth-order valence-electron chi connectivity index (χ4n) is 2.68. The summed E-state index contributed by atoms with van der Waals surface area (Å²) in [5, 5.41) is 3.38. The van der Waals surface area contributed by atoms with Crippen LogP contribution in [0.4, 0.5) is 0 Å². The Kier molecular flexibility index (Phi) is 4.22. The third-order valence-electron chi connectivity index (χ3n) is 3.97. The highest BCUT2D eigenvalue weighted by Crippen LogP contribution is 2.23. The fraction of sp³-hybridized carbons (Fsp3) is 0.375. The molecular formula is C16H19N3O2S. The number of benzene rings is 1. The highest BCUT2D eigenvalue weighted by Gasteiger charge is 2.16. The van der Waals surface area contributed by atoms with Crippen LogP contribution in [-0.2, 0) is 9.84 Å². The van der Waals surface area contributed by atoms with Gasteiger partial charge >= 0.3 is 0 Å². The molecule has 1 aliphatic heterocycles. The van der Waals surface area contributed by atoms with Crippen LogP contribution < -0.4 is 5.32 Å². The van der Waals surface area contributed by atoms with Crippen molar-refractivity contribution in [1.29, 1.82) is 0 Å². The van der Waals surface area contributed by atoms with Crippen molar-refractivity contribution >= 4 is 9.84 Å². The highest BCUT2D eigenvalue weighted by molar-refractivity contribution is 7.90. The summed E-state index contributed by atoms with van der Waals surface area (Å²) in [6, 6.07) is 6.74. The van der Waals surface area contributed by atoms with Crippen molar-refractivity contribution in [3.63, 3.8) is 0 Å². The molecule has 6 heteroatoms. The third kappa shape index (κ3) is 3.34. The Hall–Kier alpha value is -1.79. The first-order valence-corrected chi connectivity index (χ1v) is 9.26. The Balaban J connectivity index is 1.80. The molecule has 1 aliphatic rings. The van der Waals surface area contributed by atoms with Crippen LogP contribution in [0.25, 0.3) is 11.3 Å². The van der Waals surface area contributed by atoms with E-state index in [1.54, 1.807) is 30.5 Å². The van der Waals surface area contributed by atoms with Gasteiger partial charge in [-0.1, -0.05) is 12.1 Å². The van der Waals surface area contributed by atoms with E-state index >= 15 is 0 Å². The lowest BCUT2D eigenvalue weighted by Gasteiger charge is -2.21. The molecule has 1 aromatic heterocycles. The Bertz CT molecular complexity index is 734. The maximum atomic E-state index is 11.5. The Morgan fingerprint density at radius 2 is 1.91 bits per heavy atom. The van der Waals surface area contributed by atoms with Gasteiger partial charge in [-0.2, -0.15) is 0 Å². The molecule has 0 bridgehead atoms. The van der Waals surface area contributed by atoms with Gasteiger partial charge in [0.2, 0.25) is 0 Å². The second-order valence-electron chi connectivity index (χ2n) is 5.67. The highest BCUT2D eigenvalue weighted by atomic mass is 32.2. The minimum absolute atomic E-state index is 0.314. The Morgan fingerprint density at radius 3 is 2.45 bits per heavy atom. The van der Waals surface area contributed by atoms with Gasteiger partial charge < -0.3 is 5.32 Å². The normalized spacial score (nSPS) is 19.0. The molecule has 1 aromatic carbocycles. The summed E-state index contributed by atoms with van der Waals surface area (Å²) in [4.78, 5) is 9.32. The molecule has 0 spiro atoms. The van der Waals surface area contributed by atoms with Crippen LogP contribution in [0, 0.1) is 0 Å². The summed E-state index contributed by atoms with van der Waals surface area (Å²) in [7, 11) is -3.17. The van der Waals surface area contributed by atoms with Gasteiger partial charge in [-0.3, -0.25) is 9.97 Å². The molecule has 1 atom stereocenters. The Morgan fingerprint density at radius 1 is 1.14 bits per heavy atom. The van der Waals surface area contributed by atoms with Gasteiger partial charge in [-0.25, -0.2) is 8.42 Å². The molecule has 2 aromatic rings. The van der Waals surface area contributed by atoms with Gasteiger partial charge in [0, 0.05) is 30.5 Å². The summed E-state index contributed by atoms with van der Waals surface area (Å²) >= 11 is 0. The predicted octanol–water partition coefficient (Wildman–Crippen LogP) is 2.01. The van der Waals surface area contributed by atoms with E-state index in [1.165, 1.54) is 12.7 Å². The number of piperidine rings is 1. The maximum absolute atomic E-state index is 11.5. The molecule has 2 heterocycles. The lowest BCUT2D eigenvalue weighted by molar-refractivity contribution is 0.454. The van der Waals surface area contributed by atoms with Crippen LogP contribution in [0.5, 0.6) is 0 Å². The number of aromatic nitrogens is 2. The van der Waals surface area contributed by atoms with Gasteiger partial charge in [0.15, 0.2) is 9.84 Å². The average Bonchev–Trinajstić information content (AvgIpc) is 2.55. The smallest absolute Gasteiger partial charge is 0.175 e. The molecule has 0 unspecified atom stereocenters. The molecule has 0 amide bonds. The Labute approximate surface area is 130 Å². The van der Waals surface area contributed by atoms with Crippen molar-refractivity contribution in [2.75, 3.05) is 19.3 Å². The van der Waals surface area contributed by atoms with Crippen molar-refractivity contribution < 1.29 is 8.42 Å². The number of hydrogen-bond donors (Lipinski definition) is 1. The van der Waals surface area contributed by atoms with Crippen LogP contribution in [0.2, 0.25) is 0 Å². The van der Waals surface area contributed by atoms with E-state index in [4.69, 9.17) is 0 Å². The van der Waals surface area contributed by atoms with Crippen LogP contribution in [0.1, 0.15) is 24.5 Å². The summed E-state index contributed by atoms with van der Waals surface area (Å²) in [6.07, 6.45) is 7.11. The molecule has 22 heavy (non-hydrogen) atoms. The molecule has 1 fully saturated rings. The first kappa shape index (κ1) is 15.1. The van der Waals surface area contributed by atoms with E-state index < -0.39 is 9.84 Å². The number of sulfone groups is 1. The van der Waals surface area contributed by atoms with Gasteiger partial charge in [-0.05, 0) is 31.5 Å². The van der Waals surface area contributed by atoms with Crippen molar-refractivity contribution in [1.82, 2.24) is 15.3 Å². The average molecular weight is 317 g/mol. The first-order valence-electron chi connectivity index (χ1n) is 7.37. The number of hydrogen-bond acceptors (Lipinski definition) is 5. The predicted molar refractivity (Wildman–Crippen MR) is 85.4 cm³/mol. The van der Waals surface area contributed by atoms with Gasteiger partial charge in [0.05, 0.1) is 22.5 Å². The minimum Gasteiger partial charge on any atom is -0.316 e. The zero-order valence-electron chi connectivity index (χ0n) is 12.5. The van der Waals surface area contributed by atoms with E-state index in [0.717, 1.165) is 36.5 Å². The second kappa shape index (κ2) is 6.14. The summed E-state index contributed by atoms with van der Waals surface area (Å²) in [5.74, 6) is 0.433. The maximum Gasteiger partial charge on any atom is 0.175 e. The van der Waals surface area contributed by atoms with E-state index in [2.05, 4.69) is 15.3 Å². The van der Waals surface area contributed by atoms with Crippen LogP contribution in [0.3, 0.4) is 0 Å². The minimum atomic E-state index is -3.17. The van der Waals surface area contributed by atoms with Crippen LogP contribution in [-0.4, -0.2) is 37.7 Å². The lowest BCUT2D eigenvalue weighted by Crippen LogP contribution is -2.28. The second-order valence-corrected chi connectivity index (χ2v) is 7.68. The molecule has 116 valence electrons. The van der Waals surface area contributed by atoms with E-state index in [1.807, 2.05) is 6.20 Å². The molecule has 0 radical (unpaired) electrons. The van der Waals surface area contributed by atoms with E-state index in [0.29, 0.717) is 10.8 Å². The molecule has 3 rings (SSSR count). The number of nitrogens with zero attached hydrogens (tertiary/aromatic N) is 2. The number of nitrogens with one attached hydrogen (secondary N) is 1. The van der Waals surface area contributed by atoms with Crippen molar-refractivity contribution in [3.8, 4) is 11.3 Å². The van der Waals surface area contributed by atoms with Gasteiger partial charge in [0.25, 0.3) is 0 Å². The van der Waals surface area contributed by atoms with Crippen molar-refractivity contribution in [3.05, 3.63) is 42.4 Å². The SMILES string of the molecule is CS(=O)(=O)c1ccc(-c2cnc([C@H]3CCCNC3)cn2)cc1. The topological polar surface area (TPSA) is 72.0 Å². The summed E-state index contributed by atoms with van der Waals surface area (Å²) in [5.41, 5.74) is 2.64. The fourth-order valence-corrected chi connectivity index (χ4v) is 3.31. The summed E-state index contributed by atoms with van der Waals surface area (Å²) in [6.45, 7) is 2.03. The molecule has 1 N–H and O–H groups in total. The van der Waals surface area contributed by atoms with Crippen LogP contribution >= 0.6 is 0 Å². The molecule has 1 saturated heterocycles. The van der Waals surface area contributed by atoms with Crippen molar-refractivity contribution in [2.45, 2.75) is 23.7 Å². The number of rotatable bonds is 3. The van der Waals surface area contributed by atoms with Gasteiger partial charge in [-0.15, -0.1) is 0 Å². The zero-order chi connectivity index (χ0) is 15.6. The lowest BCUT2D eigenvalue weighted by atomic mass is 9.96. The monoisotopic (exact) mass is 317 g/mol. The molecule has 5 nitrogen and oxygen atoms in total. The van der Waals surface area contributed by atoms with E-state index in [-0.39, 0.29) is 0 Å². The third-order valence-corrected chi connectivity index (χ3v) is 5.09. The summed E-state index contributed by atoms with van der Waals surface area (Å²) < 4.78 is 22.9. The van der Waals surface area contributed by atoms with Crippen LogP contribution in [0.15, 0.2) is 41.6 Å². The first-order chi connectivity index (χ1) is 10.5. The van der Waals surface area contributed by atoms with Crippen molar-refractivity contribution in [2.24, 2.45) is 0 Å². The molecule has 0 saturated carbocycles.